The molecule has 6 heteroatoms. The molecule has 0 saturated carbocycles. The summed E-state index contributed by atoms with van der Waals surface area (Å²) >= 11 is 0. The van der Waals surface area contributed by atoms with Crippen LogP contribution in [0.4, 0.5) is 0 Å². The van der Waals surface area contributed by atoms with Gasteiger partial charge in [-0.3, -0.25) is 10.4 Å². The third-order valence-corrected chi connectivity index (χ3v) is 3.36. The van der Waals surface area contributed by atoms with E-state index in [0.717, 1.165) is 0 Å². The molecule has 0 bridgehead atoms. The second-order valence-corrected chi connectivity index (χ2v) is 4.70. The predicted octanol–water partition coefficient (Wildman–Crippen LogP) is 0.250. The van der Waals surface area contributed by atoms with Gasteiger partial charge in [0.25, 0.3) is 10.0 Å². The van der Waals surface area contributed by atoms with Crippen molar-refractivity contribution in [1.82, 2.24) is 10.3 Å². The van der Waals surface area contributed by atoms with Crippen LogP contribution in [0.2, 0.25) is 0 Å². The van der Waals surface area contributed by atoms with Crippen LogP contribution in [0, 0.1) is 0 Å². The molecule has 0 saturated heterocycles. The van der Waals surface area contributed by atoms with Crippen LogP contribution < -0.4 is 10.3 Å². The Balaban J connectivity index is 2.64. The Bertz CT molecular complexity index is 508. The average Bonchev–Trinajstić information content (AvgIpc) is 2.23. The fourth-order valence-electron chi connectivity index (χ4n) is 1.42. The molecule has 0 fully saturated rings. The Morgan fingerprint density at radius 3 is 2.80 bits per heavy atom. The van der Waals surface area contributed by atoms with Crippen molar-refractivity contribution >= 4 is 15.9 Å². The van der Waals surface area contributed by atoms with Gasteiger partial charge in [0.2, 0.25) is 0 Å². The maximum Gasteiger partial charge on any atom is 0.258 e. The number of aliphatic imine (C=N–C) groups is 1. The molecule has 2 N–H and O–H groups in total. The molecule has 2 rings (SSSR count). The van der Waals surface area contributed by atoms with E-state index in [0.29, 0.717) is 17.9 Å². The van der Waals surface area contributed by atoms with Crippen LogP contribution in [0.3, 0.4) is 0 Å². The summed E-state index contributed by atoms with van der Waals surface area (Å²) in [5, 5.41) is 0. The van der Waals surface area contributed by atoms with E-state index in [2.05, 4.69) is 15.2 Å². The first-order chi connectivity index (χ1) is 7.15. The van der Waals surface area contributed by atoms with Gasteiger partial charge in [0.05, 0.1) is 4.90 Å². The summed E-state index contributed by atoms with van der Waals surface area (Å²) in [6.07, 6.45) is 0. The van der Waals surface area contributed by atoms with Gasteiger partial charge in [-0.25, -0.2) is 8.42 Å². The van der Waals surface area contributed by atoms with E-state index < -0.39 is 10.0 Å². The molecule has 0 spiro atoms. The molecule has 1 aromatic carbocycles. The van der Waals surface area contributed by atoms with Crippen molar-refractivity contribution in [3.05, 3.63) is 29.8 Å². The largest absolute Gasteiger partial charge is 0.292 e. The second kappa shape index (κ2) is 3.63. The number of nitrogens with zero attached hydrogens (tertiary/aromatic N) is 1. The first-order valence-electron chi connectivity index (χ1n) is 4.57. The molecule has 1 aliphatic heterocycles. The SMILES string of the molecule is CCN=C1NNS(=O)(=O)c2ccccc21. The Hall–Kier alpha value is -1.40. The summed E-state index contributed by atoms with van der Waals surface area (Å²) in [4.78, 5) is 6.67. The number of hydrogen-bond donors (Lipinski definition) is 2. The second-order valence-electron chi connectivity index (χ2n) is 3.05. The smallest absolute Gasteiger partial charge is 0.258 e. The molecule has 0 aliphatic carbocycles. The highest BCUT2D eigenvalue weighted by molar-refractivity contribution is 7.89. The number of hydrazine groups is 1. The summed E-state index contributed by atoms with van der Waals surface area (Å²) in [6, 6.07) is 6.76. The number of hydrogen-bond acceptors (Lipinski definition) is 3. The van der Waals surface area contributed by atoms with Crippen molar-refractivity contribution in [3.63, 3.8) is 0 Å². The van der Waals surface area contributed by atoms with E-state index in [1.54, 1.807) is 24.3 Å². The molecule has 1 aromatic rings. The van der Waals surface area contributed by atoms with Crippen LogP contribution in [-0.4, -0.2) is 20.8 Å². The maximum absolute atomic E-state index is 11.6. The van der Waals surface area contributed by atoms with Crippen LogP contribution in [0.15, 0.2) is 34.2 Å². The molecule has 1 heterocycles. The average molecular weight is 225 g/mol. The van der Waals surface area contributed by atoms with Crippen LogP contribution in [-0.2, 0) is 10.0 Å². The van der Waals surface area contributed by atoms with Gasteiger partial charge in [-0.15, -0.1) is 4.83 Å². The molecular formula is C9H11N3O2S. The number of rotatable bonds is 1. The van der Waals surface area contributed by atoms with E-state index in [-0.39, 0.29) is 4.90 Å². The summed E-state index contributed by atoms with van der Waals surface area (Å²) in [5.74, 6) is 0.558. The molecule has 5 nitrogen and oxygen atoms in total. The van der Waals surface area contributed by atoms with Gasteiger partial charge in [-0.2, -0.15) is 0 Å². The fraction of sp³-hybridized carbons (Fsp3) is 0.222. The Morgan fingerprint density at radius 2 is 2.07 bits per heavy atom. The molecule has 0 atom stereocenters. The lowest BCUT2D eigenvalue weighted by molar-refractivity contribution is 0.573. The summed E-state index contributed by atoms with van der Waals surface area (Å²) in [6.45, 7) is 2.48. The monoisotopic (exact) mass is 225 g/mol. The normalized spacial score (nSPS) is 20.7. The van der Waals surface area contributed by atoms with Crippen molar-refractivity contribution in [1.29, 1.82) is 0 Å². The molecule has 0 amide bonds. The highest BCUT2D eigenvalue weighted by atomic mass is 32.2. The third-order valence-electron chi connectivity index (χ3n) is 2.05. The van der Waals surface area contributed by atoms with Gasteiger partial charge < -0.3 is 0 Å². The molecule has 15 heavy (non-hydrogen) atoms. The quantitative estimate of drug-likeness (QED) is 0.719. The first kappa shape index (κ1) is 10.1. The Labute approximate surface area is 88.2 Å². The van der Waals surface area contributed by atoms with Crippen molar-refractivity contribution < 1.29 is 8.42 Å². The van der Waals surface area contributed by atoms with Crippen molar-refractivity contribution in [2.45, 2.75) is 11.8 Å². The van der Waals surface area contributed by atoms with E-state index in [9.17, 15) is 8.42 Å². The molecule has 0 aromatic heterocycles. The zero-order valence-electron chi connectivity index (χ0n) is 8.19. The molecular weight excluding hydrogens is 214 g/mol. The van der Waals surface area contributed by atoms with Crippen LogP contribution >= 0.6 is 0 Å². The van der Waals surface area contributed by atoms with Crippen molar-refractivity contribution in [3.8, 4) is 0 Å². The van der Waals surface area contributed by atoms with Gasteiger partial charge in [0.1, 0.15) is 5.84 Å². The zero-order valence-corrected chi connectivity index (χ0v) is 9.00. The number of benzene rings is 1. The summed E-state index contributed by atoms with van der Waals surface area (Å²) < 4.78 is 23.2. The highest BCUT2D eigenvalue weighted by Crippen LogP contribution is 2.17. The van der Waals surface area contributed by atoms with E-state index in [1.807, 2.05) is 6.92 Å². The van der Waals surface area contributed by atoms with Crippen molar-refractivity contribution in [2.75, 3.05) is 6.54 Å². The standard InChI is InChI=1S/C9H11N3O2S/c1-2-10-9-7-5-3-4-6-8(7)15(13,14)12-11-9/h3-6,12H,2H2,1H3,(H,10,11). The minimum absolute atomic E-state index is 0.260. The lowest BCUT2D eigenvalue weighted by Crippen LogP contribution is -2.47. The fourth-order valence-corrected chi connectivity index (χ4v) is 2.47. The van der Waals surface area contributed by atoms with Crippen LogP contribution in [0.1, 0.15) is 12.5 Å². The molecule has 0 radical (unpaired) electrons. The number of sulfonamides is 1. The first-order valence-corrected chi connectivity index (χ1v) is 6.05. The zero-order chi connectivity index (χ0) is 10.9. The van der Waals surface area contributed by atoms with Gasteiger partial charge >= 0.3 is 0 Å². The third kappa shape index (κ3) is 1.73. The van der Waals surface area contributed by atoms with E-state index >= 15 is 0 Å². The molecule has 0 unspecified atom stereocenters. The lowest BCUT2D eigenvalue weighted by atomic mass is 10.2. The Kier molecular flexibility index (Phi) is 2.45. The number of amidine groups is 1. The van der Waals surface area contributed by atoms with E-state index in [1.165, 1.54) is 0 Å². The van der Waals surface area contributed by atoms with Gasteiger partial charge in [-0.05, 0) is 19.1 Å². The van der Waals surface area contributed by atoms with E-state index in [4.69, 9.17) is 0 Å². The predicted molar refractivity (Wildman–Crippen MR) is 57.0 cm³/mol. The summed E-state index contributed by atoms with van der Waals surface area (Å²) in [7, 11) is -3.44. The van der Waals surface area contributed by atoms with Crippen LogP contribution in [0.25, 0.3) is 0 Å². The minimum atomic E-state index is -3.44. The maximum atomic E-state index is 11.6. The van der Waals surface area contributed by atoms with Gasteiger partial charge in [-0.1, -0.05) is 12.1 Å². The topological polar surface area (TPSA) is 70.6 Å². The highest BCUT2D eigenvalue weighted by Gasteiger charge is 2.25. The minimum Gasteiger partial charge on any atom is -0.292 e. The summed E-state index contributed by atoms with van der Waals surface area (Å²) in [5.41, 5.74) is 3.19. The van der Waals surface area contributed by atoms with Crippen molar-refractivity contribution in [2.24, 2.45) is 4.99 Å². The Morgan fingerprint density at radius 1 is 1.33 bits per heavy atom. The number of fused-ring (bicyclic) bond motifs is 1. The molecule has 80 valence electrons. The van der Waals surface area contributed by atoms with Crippen LogP contribution in [0.5, 0.6) is 0 Å². The van der Waals surface area contributed by atoms with Gasteiger partial charge in [0, 0.05) is 12.1 Å². The molecule has 1 aliphatic rings. The lowest BCUT2D eigenvalue weighted by Gasteiger charge is -2.20. The number of nitrogens with one attached hydrogen (secondary N) is 2. The van der Waals surface area contributed by atoms with Gasteiger partial charge in [0.15, 0.2) is 0 Å².